The van der Waals surface area contributed by atoms with Gasteiger partial charge in [0, 0.05) is 31.6 Å². The third-order valence-electron chi connectivity index (χ3n) is 6.91. The quantitative estimate of drug-likeness (QED) is 0.432. The molecular weight excluding hydrogens is 390 g/mol. The van der Waals surface area contributed by atoms with Gasteiger partial charge in [-0.2, -0.15) is 0 Å². The Kier molecular flexibility index (Phi) is 10.1. The lowest BCUT2D eigenvalue weighted by molar-refractivity contribution is -0.121. The number of carbonyl (C=O) groups is 1. The summed E-state index contributed by atoms with van der Waals surface area (Å²) in [6.45, 7) is 1.07. The fraction of sp³-hybridized carbons (Fsp3) is 0.720. The van der Waals surface area contributed by atoms with Gasteiger partial charge in [0.2, 0.25) is 5.91 Å². The molecule has 31 heavy (non-hydrogen) atoms. The van der Waals surface area contributed by atoms with Crippen molar-refractivity contribution in [3.05, 3.63) is 30.3 Å². The van der Waals surface area contributed by atoms with Crippen LogP contribution in [0.1, 0.15) is 64.2 Å². The number of aliphatic hydroxyl groups excluding tert-OH is 1. The van der Waals surface area contributed by atoms with Crippen LogP contribution in [0.3, 0.4) is 0 Å². The van der Waals surface area contributed by atoms with Crippen LogP contribution in [-0.2, 0) is 4.79 Å². The number of nitrogens with one attached hydrogen (secondary N) is 2. The minimum atomic E-state index is -0.715. The Morgan fingerprint density at radius 1 is 1.03 bits per heavy atom. The van der Waals surface area contributed by atoms with E-state index in [1.165, 1.54) is 57.8 Å². The van der Waals surface area contributed by atoms with Crippen LogP contribution in [0.2, 0.25) is 0 Å². The van der Waals surface area contributed by atoms with E-state index in [9.17, 15) is 9.90 Å². The van der Waals surface area contributed by atoms with E-state index in [1.54, 1.807) is 0 Å². The first-order valence-electron chi connectivity index (χ1n) is 12.2. The maximum absolute atomic E-state index is 12.0. The molecule has 0 saturated heterocycles. The van der Waals surface area contributed by atoms with Gasteiger partial charge in [-0.3, -0.25) is 4.79 Å². The van der Waals surface area contributed by atoms with Gasteiger partial charge in [-0.15, -0.1) is 0 Å². The maximum Gasteiger partial charge on any atom is 0.221 e. The second-order valence-electron chi connectivity index (χ2n) is 9.52. The van der Waals surface area contributed by atoms with Crippen LogP contribution in [0.25, 0.3) is 0 Å². The number of nitrogens with two attached hydrogens (primary N) is 1. The van der Waals surface area contributed by atoms with Crippen molar-refractivity contribution in [1.82, 2.24) is 10.6 Å². The van der Waals surface area contributed by atoms with Crippen molar-refractivity contribution in [2.45, 2.75) is 82.4 Å². The van der Waals surface area contributed by atoms with E-state index in [1.807, 2.05) is 30.3 Å². The molecule has 0 spiro atoms. The number of benzene rings is 1. The van der Waals surface area contributed by atoms with Gasteiger partial charge in [0.25, 0.3) is 0 Å². The van der Waals surface area contributed by atoms with Crippen molar-refractivity contribution in [3.63, 3.8) is 0 Å². The molecule has 1 aromatic carbocycles. The summed E-state index contributed by atoms with van der Waals surface area (Å²) >= 11 is 0. The molecule has 1 amide bonds. The molecule has 0 heterocycles. The molecule has 1 unspecified atom stereocenters. The summed E-state index contributed by atoms with van der Waals surface area (Å²) < 4.78 is 5.50. The van der Waals surface area contributed by atoms with E-state index in [0.29, 0.717) is 25.0 Å². The summed E-state index contributed by atoms with van der Waals surface area (Å²) in [7, 11) is 0. The minimum absolute atomic E-state index is 0.0320. The molecule has 0 aromatic heterocycles. The zero-order valence-electron chi connectivity index (χ0n) is 18.8. The Balaban J connectivity index is 1.19. The molecule has 3 rings (SSSR count). The third-order valence-corrected chi connectivity index (χ3v) is 6.91. The van der Waals surface area contributed by atoms with Crippen molar-refractivity contribution < 1.29 is 14.6 Å². The fourth-order valence-electron chi connectivity index (χ4n) is 4.98. The number of ether oxygens (including phenoxy) is 1. The van der Waals surface area contributed by atoms with Gasteiger partial charge in [0.1, 0.15) is 18.5 Å². The van der Waals surface area contributed by atoms with Gasteiger partial charge in [-0.05, 0) is 81.8 Å². The normalized spacial score (nSPS) is 27.4. The van der Waals surface area contributed by atoms with Crippen LogP contribution >= 0.6 is 0 Å². The topological polar surface area (TPSA) is 96.6 Å². The molecule has 2 saturated carbocycles. The van der Waals surface area contributed by atoms with E-state index in [2.05, 4.69) is 10.6 Å². The highest BCUT2D eigenvalue weighted by atomic mass is 16.5. The van der Waals surface area contributed by atoms with E-state index < -0.39 is 6.10 Å². The summed E-state index contributed by atoms with van der Waals surface area (Å²) in [6, 6.07) is 10.4. The minimum Gasteiger partial charge on any atom is -0.491 e. The molecule has 0 radical (unpaired) electrons. The van der Waals surface area contributed by atoms with Gasteiger partial charge >= 0.3 is 0 Å². The van der Waals surface area contributed by atoms with Crippen molar-refractivity contribution in [2.24, 2.45) is 17.6 Å². The van der Waals surface area contributed by atoms with Crippen molar-refractivity contribution in [1.29, 1.82) is 0 Å². The van der Waals surface area contributed by atoms with Crippen LogP contribution in [-0.4, -0.2) is 48.9 Å². The Labute approximate surface area is 187 Å². The second-order valence-corrected chi connectivity index (χ2v) is 9.52. The molecule has 6 nitrogen and oxygen atoms in total. The van der Waals surface area contributed by atoms with E-state index >= 15 is 0 Å². The molecule has 6 heteroatoms. The maximum atomic E-state index is 12.0. The smallest absolute Gasteiger partial charge is 0.221 e. The molecule has 2 fully saturated rings. The SMILES string of the molecule is NC1CCC(CC2CCC(NCCC(=O)NCC(O)COc3ccccc3)CC2)CC1. The van der Waals surface area contributed by atoms with Crippen LogP contribution in [0.15, 0.2) is 30.3 Å². The van der Waals surface area contributed by atoms with Crippen LogP contribution in [0.5, 0.6) is 5.75 Å². The average Bonchev–Trinajstić information content (AvgIpc) is 2.80. The van der Waals surface area contributed by atoms with Gasteiger partial charge in [-0.25, -0.2) is 0 Å². The molecule has 1 aromatic rings. The standard InChI is InChI=1S/C25H41N3O3/c26-21-10-6-19(7-11-21)16-20-8-12-22(13-9-20)27-15-14-25(30)28-17-23(29)18-31-24-4-2-1-3-5-24/h1-5,19-23,27,29H,6-18,26H2,(H,28,30). The predicted molar refractivity (Wildman–Crippen MR) is 124 cm³/mol. The Hall–Kier alpha value is -1.63. The summed E-state index contributed by atoms with van der Waals surface area (Å²) in [4.78, 5) is 12.0. The van der Waals surface area contributed by atoms with Crippen LogP contribution < -0.4 is 21.1 Å². The average molecular weight is 432 g/mol. The second kappa shape index (κ2) is 13.0. The number of aliphatic hydroxyl groups is 1. The van der Waals surface area contributed by atoms with Crippen LogP contribution in [0.4, 0.5) is 0 Å². The predicted octanol–water partition coefficient (Wildman–Crippen LogP) is 2.99. The third kappa shape index (κ3) is 9.17. The molecule has 1 atom stereocenters. The molecular formula is C25H41N3O3. The lowest BCUT2D eigenvalue weighted by Gasteiger charge is -2.33. The van der Waals surface area contributed by atoms with Crippen LogP contribution in [0, 0.1) is 11.8 Å². The summed E-state index contributed by atoms with van der Waals surface area (Å²) in [5.41, 5.74) is 6.03. The highest BCUT2D eigenvalue weighted by Crippen LogP contribution is 2.35. The molecule has 2 aliphatic rings. The zero-order valence-corrected chi connectivity index (χ0v) is 18.8. The Morgan fingerprint density at radius 3 is 2.35 bits per heavy atom. The van der Waals surface area contributed by atoms with Gasteiger partial charge in [0.15, 0.2) is 0 Å². The van der Waals surface area contributed by atoms with Gasteiger partial charge in [-0.1, -0.05) is 18.2 Å². The van der Waals surface area contributed by atoms with Crippen molar-refractivity contribution in [2.75, 3.05) is 19.7 Å². The first kappa shape index (κ1) is 24.0. The number of para-hydroxylation sites is 1. The molecule has 2 aliphatic carbocycles. The summed E-state index contributed by atoms with van der Waals surface area (Å²) in [5, 5.41) is 16.3. The monoisotopic (exact) mass is 431 g/mol. The largest absolute Gasteiger partial charge is 0.491 e. The summed E-state index contributed by atoms with van der Waals surface area (Å²) in [5.74, 6) is 2.46. The van der Waals surface area contributed by atoms with E-state index in [-0.39, 0.29) is 19.1 Å². The van der Waals surface area contributed by atoms with Gasteiger partial charge in [0.05, 0.1) is 0 Å². The Morgan fingerprint density at radius 2 is 1.68 bits per heavy atom. The fourth-order valence-corrected chi connectivity index (χ4v) is 4.98. The molecule has 174 valence electrons. The number of carbonyl (C=O) groups excluding carboxylic acids is 1. The number of rotatable bonds is 11. The first-order valence-corrected chi connectivity index (χ1v) is 12.2. The highest BCUT2D eigenvalue weighted by Gasteiger charge is 2.26. The lowest BCUT2D eigenvalue weighted by atomic mass is 9.76. The van der Waals surface area contributed by atoms with E-state index in [4.69, 9.17) is 10.5 Å². The zero-order chi connectivity index (χ0) is 21.9. The molecule has 5 N–H and O–H groups in total. The first-order chi connectivity index (χ1) is 15.1. The number of amides is 1. The summed E-state index contributed by atoms with van der Waals surface area (Å²) in [6.07, 6.45) is 11.2. The Bertz CT molecular complexity index is 626. The highest BCUT2D eigenvalue weighted by molar-refractivity contribution is 5.76. The van der Waals surface area contributed by atoms with Gasteiger partial charge < -0.3 is 26.2 Å². The number of hydrogen-bond donors (Lipinski definition) is 4. The van der Waals surface area contributed by atoms with Crippen molar-refractivity contribution in [3.8, 4) is 5.75 Å². The lowest BCUT2D eigenvalue weighted by Crippen LogP contribution is -2.39. The van der Waals surface area contributed by atoms with E-state index in [0.717, 1.165) is 17.6 Å². The number of hydrogen-bond acceptors (Lipinski definition) is 5. The van der Waals surface area contributed by atoms with Crippen molar-refractivity contribution >= 4 is 5.91 Å². The molecule has 0 bridgehead atoms. The molecule has 0 aliphatic heterocycles.